The predicted octanol–water partition coefficient (Wildman–Crippen LogP) is 1.23. The molecule has 0 aromatic carbocycles. The summed E-state index contributed by atoms with van der Waals surface area (Å²) in [4.78, 5) is 23.9. The minimum atomic E-state index is -1.20. The highest BCUT2D eigenvalue weighted by atomic mass is 35.5. The van der Waals surface area contributed by atoms with Crippen molar-refractivity contribution in [3.63, 3.8) is 0 Å². The third-order valence-electron chi connectivity index (χ3n) is 1.95. The molecule has 0 aliphatic carbocycles. The summed E-state index contributed by atoms with van der Waals surface area (Å²) in [5, 5.41) is 8.49. The molecule has 1 N–H and O–H groups in total. The van der Waals surface area contributed by atoms with Crippen molar-refractivity contribution >= 4 is 24.5 Å². The molecular weight excluding hydrogens is 196 g/mol. The van der Waals surface area contributed by atoms with Gasteiger partial charge < -0.3 is 10.0 Å². The van der Waals surface area contributed by atoms with Crippen LogP contribution in [-0.2, 0) is 0 Å². The lowest BCUT2D eigenvalue weighted by atomic mass is 10.4. The number of hydrogen-bond donors (Lipinski definition) is 1. The molecule has 0 aromatic heterocycles. The summed E-state index contributed by atoms with van der Waals surface area (Å²) < 4.78 is 0. The minimum Gasteiger partial charge on any atom is -0.465 e. The average Bonchev–Trinajstić information content (AvgIpc) is 2.53. The summed E-state index contributed by atoms with van der Waals surface area (Å²) in [5.74, 6) is 0. The van der Waals surface area contributed by atoms with Gasteiger partial charge >= 0.3 is 12.1 Å². The lowest BCUT2D eigenvalue weighted by Crippen LogP contribution is -2.41. The summed E-state index contributed by atoms with van der Waals surface area (Å²) in [5.41, 5.74) is 0. The van der Waals surface area contributed by atoms with Gasteiger partial charge in [0.1, 0.15) is 0 Å². The number of halogens is 1. The summed E-state index contributed by atoms with van der Waals surface area (Å²) in [6.07, 6.45) is 0.741. The molecule has 1 aliphatic heterocycles. The zero-order valence-electron chi connectivity index (χ0n) is 7.39. The Kier molecular flexibility index (Phi) is 4.55. The molecule has 0 spiro atoms. The Morgan fingerprint density at radius 2 is 1.77 bits per heavy atom. The highest BCUT2D eigenvalue weighted by Gasteiger charge is 2.24. The minimum absolute atomic E-state index is 0. The number of rotatable bonds is 0. The molecule has 1 rings (SSSR count). The Balaban J connectivity index is 0.00000144. The van der Waals surface area contributed by atoms with E-state index < -0.39 is 12.1 Å². The Labute approximate surface area is 82.7 Å². The van der Waals surface area contributed by atoms with E-state index >= 15 is 0 Å². The van der Waals surface area contributed by atoms with E-state index in [9.17, 15) is 9.59 Å². The number of hydrogen-bond acceptors (Lipinski definition) is 2. The van der Waals surface area contributed by atoms with Gasteiger partial charge in [0.2, 0.25) is 0 Å². The van der Waals surface area contributed by atoms with Crippen LogP contribution < -0.4 is 0 Å². The van der Waals surface area contributed by atoms with Gasteiger partial charge in [-0.1, -0.05) is 0 Å². The van der Waals surface area contributed by atoms with Crippen molar-refractivity contribution in [2.45, 2.75) is 12.8 Å². The van der Waals surface area contributed by atoms with E-state index in [0.717, 1.165) is 12.8 Å². The Morgan fingerprint density at radius 1 is 1.31 bits per heavy atom. The quantitative estimate of drug-likeness (QED) is 0.652. The van der Waals surface area contributed by atoms with Crippen molar-refractivity contribution in [2.24, 2.45) is 0 Å². The van der Waals surface area contributed by atoms with Crippen molar-refractivity contribution in [2.75, 3.05) is 20.1 Å². The van der Waals surface area contributed by atoms with Crippen LogP contribution in [0.5, 0.6) is 0 Å². The van der Waals surface area contributed by atoms with Crippen molar-refractivity contribution < 1.29 is 14.7 Å². The van der Waals surface area contributed by atoms with Gasteiger partial charge in [0.15, 0.2) is 0 Å². The second-order valence-electron chi connectivity index (χ2n) is 2.82. The molecule has 0 atom stereocenters. The van der Waals surface area contributed by atoms with Crippen molar-refractivity contribution in [3.8, 4) is 0 Å². The molecule has 13 heavy (non-hydrogen) atoms. The SMILES string of the molecule is CN(C(=O)O)C(=O)N1CCCC1.Cl. The Hall–Kier alpha value is -0.970. The zero-order chi connectivity index (χ0) is 9.14. The third kappa shape index (κ3) is 2.77. The molecular formula is C7H13ClN2O3. The number of urea groups is 1. The van der Waals surface area contributed by atoms with Crippen LogP contribution in [0.4, 0.5) is 9.59 Å². The van der Waals surface area contributed by atoms with Gasteiger partial charge in [-0.3, -0.25) is 0 Å². The summed E-state index contributed by atoms with van der Waals surface area (Å²) in [7, 11) is 1.27. The molecule has 1 heterocycles. The Morgan fingerprint density at radius 3 is 2.15 bits per heavy atom. The topological polar surface area (TPSA) is 60.9 Å². The molecule has 1 aliphatic rings. The number of carbonyl (C=O) groups is 2. The lowest BCUT2D eigenvalue weighted by molar-refractivity contribution is 0.142. The van der Waals surface area contributed by atoms with Crippen LogP contribution in [0.2, 0.25) is 0 Å². The van der Waals surface area contributed by atoms with Crippen LogP contribution in [0.3, 0.4) is 0 Å². The highest BCUT2D eigenvalue weighted by molar-refractivity contribution is 5.89. The third-order valence-corrected chi connectivity index (χ3v) is 1.95. The molecule has 1 saturated heterocycles. The van der Waals surface area contributed by atoms with Gasteiger partial charge in [-0.15, -0.1) is 12.4 Å². The first-order chi connectivity index (χ1) is 5.63. The maximum Gasteiger partial charge on any atom is 0.415 e. The van der Waals surface area contributed by atoms with Crippen LogP contribution in [-0.4, -0.2) is 47.2 Å². The molecule has 0 bridgehead atoms. The molecule has 0 unspecified atom stereocenters. The lowest BCUT2D eigenvalue weighted by Gasteiger charge is -2.20. The molecule has 0 aromatic rings. The summed E-state index contributed by atoms with van der Waals surface area (Å²) in [6, 6.07) is -0.417. The van der Waals surface area contributed by atoms with Crippen molar-refractivity contribution in [3.05, 3.63) is 0 Å². The van der Waals surface area contributed by atoms with E-state index in [4.69, 9.17) is 5.11 Å². The zero-order valence-corrected chi connectivity index (χ0v) is 8.21. The second kappa shape index (κ2) is 4.91. The molecule has 0 radical (unpaired) electrons. The van der Waals surface area contributed by atoms with Crippen molar-refractivity contribution in [1.29, 1.82) is 0 Å². The number of carbonyl (C=O) groups excluding carboxylic acids is 1. The largest absolute Gasteiger partial charge is 0.465 e. The number of amides is 3. The first-order valence-corrected chi connectivity index (χ1v) is 3.88. The van der Waals surface area contributed by atoms with Gasteiger partial charge in [0.25, 0.3) is 0 Å². The summed E-state index contributed by atoms with van der Waals surface area (Å²) >= 11 is 0. The monoisotopic (exact) mass is 208 g/mol. The van der Waals surface area contributed by atoms with E-state index in [1.54, 1.807) is 4.90 Å². The van der Waals surface area contributed by atoms with Crippen LogP contribution in [0.1, 0.15) is 12.8 Å². The number of likely N-dealkylation sites (tertiary alicyclic amines) is 1. The van der Waals surface area contributed by atoms with Gasteiger partial charge in [-0.25, -0.2) is 14.5 Å². The van der Waals surface area contributed by atoms with E-state index in [-0.39, 0.29) is 12.4 Å². The molecule has 3 amide bonds. The predicted molar refractivity (Wildman–Crippen MR) is 49.2 cm³/mol. The molecule has 0 saturated carbocycles. The van der Waals surface area contributed by atoms with Gasteiger partial charge in [-0.05, 0) is 12.8 Å². The standard InChI is InChI=1S/C7H12N2O3.ClH/c1-8(7(11)12)6(10)9-4-2-3-5-9;/h2-5H2,1H3,(H,11,12);1H. The second-order valence-corrected chi connectivity index (χ2v) is 2.82. The van der Waals surface area contributed by atoms with E-state index in [2.05, 4.69) is 0 Å². The normalized spacial score (nSPS) is 15.0. The maximum atomic E-state index is 11.3. The average molecular weight is 209 g/mol. The van der Waals surface area contributed by atoms with Crippen LogP contribution in [0, 0.1) is 0 Å². The smallest absolute Gasteiger partial charge is 0.415 e. The number of imide groups is 1. The van der Waals surface area contributed by atoms with E-state index in [0.29, 0.717) is 18.0 Å². The fourth-order valence-corrected chi connectivity index (χ4v) is 1.20. The van der Waals surface area contributed by atoms with Crippen molar-refractivity contribution in [1.82, 2.24) is 9.80 Å². The van der Waals surface area contributed by atoms with Crippen LogP contribution in [0.15, 0.2) is 0 Å². The number of nitrogens with zero attached hydrogens (tertiary/aromatic N) is 2. The summed E-state index contributed by atoms with van der Waals surface area (Å²) in [6.45, 7) is 1.35. The van der Waals surface area contributed by atoms with E-state index in [1.165, 1.54) is 7.05 Å². The van der Waals surface area contributed by atoms with Crippen LogP contribution >= 0.6 is 12.4 Å². The highest BCUT2D eigenvalue weighted by Crippen LogP contribution is 2.09. The fourth-order valence-electron chi connectivity index (χ4n) is 1.20. The Bertz CT molecular complexity index is 204. The first-order valence-electron chi connectivity index (χ1n) is 3.88. The molecule has 76 valence electrons. The maximum absolute atomic E-state index is 11.3. The number of carboxylic acid groups (broad SMARTS) is 1. The first kappa shape index (κ1) is 12.0. The van der Waals surface area contributed by atoms with Gasteiger partial charge in [0.05, 0.1) is 0 Å². The van der Waals surface area contributed by atoms with E-state index in [1.807, 2.05) is 0 Å². The van der Waals surface area contributed by atoms with Gasteiger partial charge in [0, 0.05) is 20.1 Å². The molecule has 5 nitrogen and oxygen atoms in total. The van der Waals surface area contributed by atoms with Gasteiger partial charge in [-0.2, -0.15) is 0 Å². The molecule has 6 heteroatoms. The molecule has 1 fully saturated rings. The fraction of sp³-hybridized carbons (Fsp3) is 0.714. The van der Waals surface area contributed by atoms with Crippen LogP contribution in [0.25, 0.3) is 0 Å².